The first-order valence-electron chi connectivity index (χ1n) is 7.90. The smallest absolute Gasteiger partial charge is 0.255 e. The third kappa shape index (κ3) is 4.20. The van der Waals surface area contributed by atoms with Crippen molar-refractivity contribution >= 4 is 34.1 Å². The third-order valence-electron chi connectivity index (χ3n) is 3.85. The molecule has 1 aromatic heterocycles. The van der Waals surface area contributed by atoms with Gasteiger partial charge in [-0.15, -0.1) is 0 Å². The lowest BCUT2D eigenvalue weighted by molar-refractivity contribution is 0.0945. The minimum atomic E-state index is -0.235. The van der Waals surface area contributed by atoms with Gasteiger partial charge in [0.05, 0.1) is 12.1 Å². The number of amides is 1. The van der Waals surface area contributed by atoms with Crippen LogP contribution in [0, 0.1) is 4.77 Å². The van der Waals surface area contributed by atoms with E-state index in [0.717, 1.165) is 10.0 Å². The molecule has 0 fully saturated rings. The summed E-state index contributed by atoms with van der Waals surface area (Å²) < 4.78 is 9.06. The van der Waals surface area contributed by atoms with Crippen molar-refractivity contribution < 1.29 is 9.53 Å². The molecule has 0 radical (unpaired) electrons. The molecule has 1 amide bonds. The molecule has 1 heterocycles. The van der Waals surface area contributed by atoms with Crippen molar-refractivity contribution in [3.8, 4) is 5.75 Å². The van der Waals surface area contributed by atoms with E-state index in [1.54, 1.807) is 29.8 Å². The van der Waals surface area contributed by atoms with Gasteiger partial charge in [-0.05, 0) is 30.4 Å². The first kappa shape index (κ1) is 18.3. The Labute approximate surface area is 164 Å². The molecule has 0 bridgehead atoms. The molecule has 6 nitrogen and oxygen atoms in total. The molecule has 0 saturated carbocycles. The van der Waals surface area contributed by atoms with Gasteiger partial charge < -0.3 is 14.6 Å². The van der Waals surface area contributed by atoms with Crippen LogP contribution in [0.1, 0.15) is 21.7 Å². The fourth-order valence-electron chi connectivity index (χ4n) is 2.34. The van der Waals surface area contributed by atoms with Crippen LogP contribution in [0.5, 0.6) is 5.75 Å². The van der Waals surface area contributed by atoms with Crippen molar-refractivity contribution in [2.24, 2.45) is 7.05 Å². The van der Waals surface area contributed by atoms with Crippen molar-refractivity contribution in [3.05, 3.63) is 74.7 Å². The number of benzene rings is 2. The van der Waals surface area contributed by atoms with Gasteiger partial charge in [0, 0.05) is 17.1 Å². The Kier molecular flexibility index (Phi) is 5.85. The zero-order valence-corrected chi connectivity index (χ0v) is 16.4. The number of aromatic nitrogens is 3. The van der Waals surface area contributed by atoms with Gasteiger partial charge in [0.1, 0.15) is 12.4 Å². The van der Waals surface area contributed by atoms with Gasteiger partial charge in [0.2, 0.25) is 0 Å². The maximum Gasteiger partial charge on any atom is 0.255 e. The van der Waals surface area contributed by atoms with Gasteiger partial charge in [-0.3, -0.25) is 9.89 Å². The molecule has 26 heavy (non-hydrogen) atoms. The van der Waals surface area contributed by atoms with Crippen LogP contribution in [-0.2, 0) is 20.2 Å². The number of carbonyl (C=O) groups is 1. The molecule has 0 aliphatic heterocycles. The Morgan fingerprint density at radius 1 is 1.27 bits per heavy atom. The highest BCUT2D eigenvalue weighted by molar-refractivity contribution is 9.10. The summed E-state index contributed by atoms with van der Waals surface area (Å²) in [6, 6.07) is 15.0. The van der Waals surface area contributed by atoms with E-state index in [2.05, 4.69) is 31.4 Å². The quantitative estimate of drug-likeness (QED) is 0.581. The van der Waals surface area contributed by atoms with E-state index >= 15 is 0 Å². The lowest BCUT2D eigenvalue weighted by Crippen LogP contribution is -2.25. The molecule has 0 atom stereocenters. The molecule has 8 heteroatoms. The number of aromatic amines is 1. The van der Waals surface area contributed by atoms with Crippen LogP contribution in [0.3, 0.4) is 0 Å². The Hall–Kier alpha value is -2.45. The van der Waals surface area contributed by atoms with Gasteiger partial charge in [-0.1, -0.05) is 46.3 Å². The number of ether oxygens (including phenoxy) is 1. The van der Waals surface area contributed by atoms with Crippen LogP contribution in [0.2, 0.25) is 0 Å². The van der Waals surface area contributed by atoms with E-state index in [-0.39, 0.29) is 12.5 Å². The molecule has 0 saturated heterocycles. The van der Waals surface area contributed by atoms with Crippen molar-refractivity contribution in [2.45, 2.75) is 13.2 Å². The summed E-state index contributed by atoms with van der Waals surface area (Å²) in [5, 5.41) is 9.62. The summed E-state index contributed by atoms with van der Waals surface area (Å²) in [5.74, 6) is 0.938. The van der Waals surface area contributed by atoms with Gasteiger partial charge in [0.15, 0.2) is 10.6 Å². The molecular weight excluding hydrogens is 416 g/mol. The first-order chi connectivity index (χ1) is 12.6. The summed E-state index contributed by atoms with van der Waals surface area (Å²) in [4.78, 5) is 12.6. The molecule has 0 aliphatic rings. The summed E-state index contributed by atoms with van der Waals surface area (Å²) in [5.41, 5.74) is 1.47. The normalized spacial score (nSPS) is 10.5. The lowest BCUT2D eigenvalue weighted by Gasteiger charge is -2.12. The van der Waals surface area contributed by atoms with E-state index in [9.17, 15) is 4.79 Å². The average Bonchev–Trinajstić information content (AvgIpc) is 2.98. The number of nitrogens with zero attached hydrogens (tertiary/aromatic N) is 2. The van der Waals surface area contributed by atoms with Gasteiger partial charge in [-0.2, -0.15) is 5.10 Å². The third-order valence-corrected chi connectivity index (χ3v) is 4.99. The SMILES string of the molecule is Cn1c(CNC(=O)c2ccccc2OCc2ccccc2Br)n[nH]c1=S. The zero-order chi connectivity index (χ0) is 18.5. The lowest BCUT2D eigenvalue weighted by atomic mass is 10.2. The number of halogens is 1. The Morgan fingerprint density at radius 3 is 2.73 bits per heavy atom. The molecule has 0 aliphatic carbocycles. The van der Waals surface area contributed by atoms with E-state index in [0.29, 0.717) is 28.5 Å². The van der Waals surface area contributed by atoms with E-state index < -0.39 is 0 Å². The fourth-order valence-corrected chi connectivity index (χ4v) is 2.89. The van der Waals surface area contributed by atoms with Crippen LogP contribution < -0.4 is 10.1 Å². The van der Waals surface area contributed by atoms with Crippen LogP contribution in [0.25, 0.3) is 0 Å². The van der Waals surface area contributed by atoms with E-state index in [1.807, 2.05) is 30.3 Å². The Balaban J connectivity index is 1.70. The summed E-state index contributed by atoms with van der Waals surface area (Å²) in [6.07, 6.45) is 0. The number of hydrogen-bond acceptors (Lipinski definition) is 4. The Bertz CT molecular complexity index is 983. The van der Waals surface area contributed by atoms with Crippen molar-refractivity contribution in [2.75, 3.05) is 0 Å². The van der Waals surface area contributed by atoms with E-state index in [4.69, 9.17) is 17.0 Å². The minimum Gasteiger partial charge on any atom is -0.488 e. The summed E-state index contributed by atoms with van der Waals surface area (Å²) in [6.45, 7) is 0.625. The summed E-state index contributed by atoms with van der Waals surface area (Å²) in [7, 11) is 1.79. The highest BCUT2D eigenvalue weighted by Crippen LogP contribution is 2.22. The topological polar surface area (TPSA) is 71.9 Å². The number of H-pyrrole nitrogens is 1. The molecule has 0 spiro atoms. The standard InChI is InChI=1S/C18H17BrN4O2S/c1-23-16(21-22-18(23)26)10-20-17(24)13-7-3-5-9-15(13)25-11-12-6-2-4-8-14(12)19/h2-9H,10-11H2,1H3,(H,20,24)(H,22,26). The second kappa shape index (κ2) is 8.29. The van der Waals surface area contributed by atoms with Crippen molar-refractivity contribution in [1.29, 1.82) is 0 Å². The molecule has 2 N–H and O–H groups in total. The van der Waals surface area contributed by atoms with Crippen LogP contribution >= 0.6 is 28.1 Å². The van der Waals surface area contributed by atoms with Crippen LogP contribution in [0.4, 0.5) is 0 Å². The maximum absolute atomic E-state index is 12.6. The summed E-state index contributed by atoms with van der Waals surface area (Å²) >= 11 is 8.56. The highest BCUT2D eigenvalue weighted by Gasteiger charge is 2.13. The van der Waals surface area contributed by atoms with Crippen LogP contribution in [0.15, 0.2) is 53.0 Å². The highest BCUT2D eigenvalue weighted by atomic mass is 79.9. The molecular formula is C18H17BrN4O2S. The Morgan fingerprint density at radius 2 is 2.00 bits per heavy atom. The van der Waals surface area contributed by atoms with Crippen molar-refractivity contribution in [1.82, 2.24) is 20.1 Å². The van der Waals surface area contributed by atoms with Gasteiger partial charge >= 0.3 is 0 Å². The van der Waals surface area contributed by atoms with Gasteiger partial charge in [-0.25, -0.2) is 0 Å². The van der Waals surface area contributed by atoms with E-state index in [1.165, 1.54) is 0 Å². The molecule has 3 aromatic rings. The molecule has 0 unspecified atom stereocenters. The zero-order valence-electron chi connectivity index (χ0n) is 14.0. The maximum atomic E-state index is 12.6. The molecule has 3 rings (SSSR count). The largest absolute Gasteiger partial charge is 0.488 e. The fraction of sp³-hybridized carbons (Fsp3) is 0.167. The van der Waals surface area contributed by atoms with Gasteiger partial charge in [0.25, 0.3) is 5.91 Å². The van der Waals surface area contributed by atoms with Crippen molar-refractivity contribution in [3.63, 3.8) is 0 Å². The number of rotatable bonds is 6. The first-order valence-corrected chi connectivity index (χ1v) is 9.10. The number of carbonyl (C=O) groups excluding carboxylic acids is 1. The second-order valence-corrected chi connectivity index (χ2v) is 6.80. The predicted octanol–water partition coefficient (Wildman–Crippen LogP) is 3.75. The number of para-hydroxylation sites is 1. The number of hydrogen-bond donors (Lipinski definition) is 2. The number of nitrogens with one attached hydrogen (secondary N) is 2. The molecule has 134 valence electrons. The molecule has 2 aromatic carbocycles. The minimum absolute atomic E-state index is 0.235. The second-order valence-electron chi connectivity index (χ2n) is 5.56. The average molecular weight is 433 g/mol. The predicted molar refractivity (Wildman–Crippen MR) is 104 cm³/mol. The monoisotopic (exact) mass is 432 g/mol. The van der Waals surface area contributed by atoms with Crippen LogP contribution in [-0.4, -0.2) is 20.7 Å².